The first-order chi connectivity index (χ1) is 7.94. The van der Waals surface area contributed by atoms with Crippen LogP contribution in [0.3, 0.4) is 0 Å². The fourth-order valence-electron chi connectivity index (χ4n) is 1.36. The van der Waals surface area contributed by atoms with Crippen molar-refractivity contribution in [1.29, 1.82) is 0 Å². The van der Waals surface area contributed by atoms with Gasteiger partial charge in [0.2, 0.25) is 0 Å². The van der Waals surface area contributed by atoms with E-state index >= 15 is 0 Å². The van der Waals surface area contributed by atoms with Gasteiger partial charge in [-0.3, -0.25) is 9.78 Å². The summed E-state index contributed by atoms with van der Waals surface area (Å²) in [4.78, 5) is 16.0. The molecule has 1 aromatic heterocycles. The molecule has 0 saturated heterocycles. The largest absolute Gasteiger partial charge is 0.383 e. The predicted molar refractivity (Wildman–Crippen MR) is 70.2 cm³/mol. The molecule has 0 aromatic carbocycles. The number of pyridine rings is 1. The number of hydrogen-bond donors (Lipinski definition) is 2. The Hall–Kier alpha value is -1.58. The van der Waals surface area contributed by atoms with Gasteiger partial charge in [-0.05, 0) is 18.4 Å². The molecular formula is C13H21N3O. The summed E-state index contributed by atoms with van der Waals surface area (Å²) in [5, 5.41) is 6.06. The molecule has 0 saturated carbocycles. The highest BCUT2D eigenvalue weighted by Crippen LogP contribution is 2.15. The van der Waals surface area contributed by atoms with Crippen LogP contribution >= 0.6 is 0 Å². The molecule has 1 amide bonds. The molecule has 0 atom stereocenters. The summed E-state index contributed by atoms with van der Waals surface area (Å²) < 4.78 is 0. The second-order valence-electron chi connectivity index (χ2n) is 5.19. The molecule has 0 aliphatic heterocycles. The molecule has 94 valence electrons. The molecule has 17 heavy (non-hydrogen) atoms. The highest BCUT2D eigenvalue weighted by molar-refractivity contribution is 5.99. The van der Waals surface area contributed by atoms with Crippen molar-refractivity contribution in [1.82, 2.24) is 10.3 Å². The van der Waals surface area contributed by atoms with Crippen LogP contribution in [0.1, 0.15) is 38.1 Å². The van der Waals surface area contributed by atoms with Gasteiger partial charge < -0.3 is 10.6 Å². The van der Waals surface area contributed by atoms with Crippen LogP contribution in [0, 0.1) is 5.41 Å². The van der Waals surface area contributed by atoms with Gasteiger partial charge >= 0.3 is 0 Å². The number of nitrogens with zero attached hydrogens (tertiary/aromatic N) is 1. The summed E-state index contributed by atoms with van der Waals surface area (Å²) in [6, 6.07) is 1.73. The molecule has 4 heteroatoms. The van der Waals surface area contributed by atoms with Gasteiger partial charge in [0, 0.05) is 19.3 Å². The standard InChI is InChI=1S/C13H21N3O/c1-5-15-11-8-14-7-6-10(11)12(17)16-9-13(2,3)4/h6-8,15H,5,9H2,1-4H3,(H,16,17). The monoisotopic (exact) mass is 235 g/mol. The van der Waals surface area contributed by atoms with Crippen LogP contribution in [0.4, 0.5) is 5.69 Å². The number of carbonyl (C=O) groups is 1. The third-order valence-corrected chi connectivity index (χ3v) is 2.21. The van der Waals surface area contributed by atoms with Gasteiger partial charge in [-0.15, -0.1) is 0 Å². The quantitative estimate of drug-likeness (QED) is 0.842. The average Bonchev–Trinajstić information content (AvgIpc) is 2.26. The predicted octanol–water partition coefficient (Wildman–Crippen LogP) is 2.29. The molecule has 0 aliphatic carbocycles. The van der Waals surface area contributed by atoms with E-state index in [-0.39, 0.29) is 11.3 Å². The highest BCUT2D eigenvalue weighted by atomic mass is 16.1. The van der Waals surface area contributed by atoms with E-state index < -0.39 is 0 Å². The second-order valence-corrected chi connectivity index (χ2v) is 5.19. The van der Waals surface area contributed by atoms with E-state index in [1.807, 2.05) is 6.92 Å². The van der Waals surface area contributed by atoms with Crippen molar-refractivity contribution in [3.05, 3.63) is 24.0 Å². The van der Waals surface area contributed by atoms with Crippen molar-refractivity contribution >= 4 is 11.6 Å². The Morgan fingerprint density at radius 2 is 2.12 bits per heavy atom. The molecule has 0 spiro atoms. The van der Waals surface area contributed by atoms with Crippen molar-refractivity contribution < 1.29 is 4.79 Å². The molecule has 1 aromatic rings. The van der Waals surface area contributed by atoms with Crippen LogP contribution in [0.2, 0.25) is 0 Å². The Morgan fingerprint density at radius 1 is 1.41 bits per heavy atom. The number of amides is 1. The number of carbonyl (C=O) groups excluding carboxylic acids is 1. The SMILES string of the molecule is CCNc1cnccc1C(=O)NCC(C)(C)C. The number of hydrogen-bond acceptors (Lipinski definition) is 3. The summed E-state index contributed by atoms with van der Waals surface area (Å²) in [6.07, 6.45) is 3.31. The molecule has 0 bridgehead atoms. The van der Waals surface area contributed by atoms with Gasteiger partial charge in [0.15, 0.2) is 0 Å². The lowest BCUT2D eigenvalue weighted by atomic mass is 9.97. The zero-order chi connectivity index (χ0) is 12.9. The minimum atomic E-state index is -0.0572. The van der Waals surface area contributed by atoms with Gasteiger partial charge in [0.05, 0.1) is 17.4 Å². The maximum absolute atomic E-state index is 12.0. The number of nitrogens with one attached hydrogen (secondary N) is 2. The lowest BCUT2D eigenvalue weighted by molar-refractivity contribution is 0.0940. The minimum absolute atomic E-state index is 0.0572. The summed E-state index contributed by atoms with van der Waals surface area (Å²) in [6.45, 7) is 9.68. The van der Waals surface area contributed by atoms with Crippen molar-refractivity contribution in [3.8, 4) is 0 Å². The first-order valence-corrected chi connectivity index (χ1v) is 5.90. The molecule has 1 rings (SSSR count). The summed E-state index contributed by atoms with van der Waals surface area (Å²) in [5.74, 6) is -0.0572. The fraction of sp³-hybridized carbons (Fsp3) is 0.538. The molecule has 4 nitrogen and oxygen atoms in total. The lowest BCUT2D eigenvalue weighted by Gasteiger charge is -2.19. The van der Waals surface area contributed by atoms with Gasteiger partial charge in [-0.2, -0.15) is 0 Å². The summed E-state index contributed by atoms with van der Waals surface area (Å²) in [7, 11) is 0. The van der Waals surface area contributed by atoms with E-state index in [4.69, 9.17) is 0 Å². The maximum Gasteiger partial charge on any atom is 0.253 e. The summed E-state index contributed by atoms with van der Waals surface area (Å²) >= 11 is 0. The number of aromatic nitrogens is 1. The van der Waals surface area contributed by atoms with Gasteiger partial charge in [-0.25, -0.2) is 0 Å². The van der Waals surface area contributed by atoms with Crippen molar-refractivity contribution in [2.24, 2.45) is 5.41 Å². The Kier molecular flexibility index (Phi) is 4.49. The van der Waals surface area contributed by atoms with Crippen LogP contribution in [-0.4, -0.2) is 24.0 Å². The van der Waals surface area contributed by atoms with E-state index in [0.717, 1.165) is 12.2 Å². The third kappa shape index (κ3) is 4.43. The molecule has 1 heterocycles. The highest BCUT2D eigenvalue weighted by Gasteiger charge is 2.15. The Labute approximate surface area is 103 Å². The van der Waals surface area contributed by atoms with E-state index in [0.29, 0.717) is 12.1 Å². The molecule has 2 N–H and O–H groups in total. The number of rotatable bonds is 4. The molecule has 0 fully saturated rings. The minimum Gasteiger partial charge on any atom is -0.383 e. The van der Waals surface area contributed by atoms with Crippen LogP contribution in [0.15, 0.2) is 18.5 Å². The number of anilines is 1. The van der Waals surface area contributed by atoms with Gasteiger partial charge in [0.1, 0.15) is 0 Å². The Balaban J connectivity index is 2.74. The molecule has 0 unspecified atom stereocenters. The van der Waals surface area contributed by atoms with Crippen molar-refractivity contribution in [3.63, 3.8) is 0 Å². The van der Waals surface area contributed by atoms with Crippen LogP contribution in [0.5, 0.6) is 0 Å². The smallest absolute Gasteiger partial charge is 0.253 e. The summed E-state index contributed by atoms with van der Waals surface area (Å²) in [5.41, 5.74) is 1.51. The zero-order valence-electron chi connectivity index (χ0n) is 11.0. The Bertz CT molecular complexity index is 382. The van der Waals surface area contributed by atoms with Crippen LogP contribution < -0.4 is 10.6 Å². The normalized spacial score (nSPS) is 11.1. The van der Waals surface area contributed by atoms with Gasteiger partial charge in [0.25, 0.3) is 5.91 Å². The fourth-order valence-corrected chi connectivity index (χ4v) is 1.36. The lowest BCUT2D eigenvalue weighted by Crippen LogP contribution is -2.32. The Morgan fingerprint density at radius 3 is 2.71 bits per heavy atom. The molecule has 0 aliphatic rings. The topological polar surface area (TPSA) is 54.0 Å². The second kappa shape index (κ2) is 5.66. The average molecular weight is 235 g/mol. The first-order valence-electron chi connectivity index (χ1n) is 5.90. The van der Waals surface area contributed by atoms with Crippen LogP contribution in [0.25, 0.3) is 0 Å². The maximum atomic E-state index is 12.0. The first kappa shape index (κ1) is 13.5. The van der Waals surface area contributed by atoms with Crippen molar-refractivity contribution in [2.75, 3.05) is 18.4 Å². The molecule has 0 radical (unpaired) electrons. The van der Waals surface area contributed by atoms with Crippen molar-refractivity contribution in [2.45, 2.75) is 27.7 Å². The van der Waals surface area contributed by atoms with E-state index in [1.165, 1.54) is 0 Å². The van der Waals surface area contributed by atoms with Crippen LogP contribution in [-0.2, 0) is 0 Å². The van der Waals surface area contributed by atoms with E-state index in [2.05, 4.69) is 36.4 Å². The third-order valence-electron chi connectivity index (χ3n) is 2.21. The van der Waals surface area contributed by atoms with E-state index in [1.54, 1.807) is 18.5 Å². The van der Waals surface area contributed by atoms with Gasteiger partial charge in [-0.1, -0.05) is 20.8 Å². The molecular weight excluding hydrogens is 214 g/mol. The van der Waals surface area contributed by atoms with E-state index in [9.17, 15) is 4.79 Å². The zero-order valence-corrected chi connectivity index (χ0v) is 11.0.